The second-order valence-corrected chi connectivity index (χ2v) is 7.06. The zero-order chi connectivity index (χ0) is 20.5. The van der Waals surface area contributed by atoms with E-state index >= 15 is 0 Å². The highest BCUT2D eigenvalue weighted by Gasteiger charge is 2.33. The van der Waals surface area contributed by atoms with Crippen molar-refractivity contribution >= 4 is 17.6 Å². The molecular formula is C20H30N2O6. The lowest BCUT2D eigenvalue weighted by Gasteiger charge is -2.34. The van der Waals surface area contributed by atoms with Gasteiger partial charge in [0.2, 0.25) is 0 Å². The number of carboxylic acid groups (broad SMARTS) is 1. The molecule has 2 aliphatic rings. The monoisotopic (exact) mass is 394 g/mol. The Kier molecular flexibility index (Phi) is 8.69. The zero-order valence-electron chi connectivity index (χ0n) is 16.2. The van der Waals surface area contributed by atoms with E-state index in [0.29, 0.717) is 18.6 Å². The SMILES string of the molecule is CC(=O)O.O=C(N[C@H]1CCO[C@H](CO)[C@H]1O)c1ccc(N2CCCCC2)cc1. The van der Waals surface area contributed by atoms with Crippen LogP contribution in [0.4, 0.5) is 5.69 Å². The summed E-state index contributed by atoms with van der Waals surface area (Å²) in [7, 11) is 0. The third kappa shape index (κ3) is 6.47. The number of aliphatic carboxylic acids is 1. The number of benzene rings is 1. The number of nitrogens with zero attached hydrogens (tertiary/aromatic N) is 1. The summed E-state index contributed by atoms with van der Waals surface area (Å²) in [6.45, 7) is 3.39. The normalized spacial score (nSPS) is 24.7. The van der Waals surface area contributed by atoms with Gasteiger partial charge in [-0.05, 0) is 49.9 Å². The van der Waals surface area contributed by atoms with Gasteiger partial charge in [0.15, 0.2) is 0 Å². The van der Waals surface area contributed by atoms with E-state index in [2.05, 4.69) is 10.2 Å². The van der Waals surface area contributed by atoms with E-state index in [1.165, 1.54) is 19.3 Å². The van der Waals surface area contributed by atoms with Crippen LogP contribution in [-0.2, 0) is 9.53 Å². The van der Waals surface area contributed by atoms with Crippen LogP contribution >= 0.6 is 0 Å². The molecule has 28 heavy (non-hydrogen) atoms. The molecule has 4 N–H and O–H groups in total. The van der Waals surface area contributed by atoms with Gasteiger partial charge < -0.3 is 30.3 Å². The molecule has 8 heteroatoms. The average Bonchev–Trinajstić information content (AvgIpc) is 2.70. The van der Waals surface area contributed by atoms with Crippen LogP contribution in [0.25, 0.3) is 0 Å². The second kappa shape index (κ2) is 11.0. The van der Waals surface area contributed by atoms with E-state index in [0.717, 1.165) is 25.7 Å². The van der Waals surface area contributed by atoms with Crippen molar-refractivity contribution in [1.29, 1.82) is 0 Å². The standard InChI is InChI=1S/C18H26N2O4.C2H4O2/c21-12-16-17(22)15(8-11-24-16)19-18(23)13-4-6-14(7-5-13)20-9-2-1-3-10-20;1-2(3)4/h4-7,15-17,21-22H,1-3,8-12H2,(H,19,23);1H3,(H,3,4)/t15-,16+,17-;/m0./s1. The van der Waals surface area contributed by atoms with Crippen LogP contribution in [-0.4, -0.2) is 71.7 Å². The zero-order valence-corrected chi connectivity index (χ0v) is 16.2. The molecule has 0 saturated carbocycles. The predicted octanol–water partition coefficient (Wildman–Crippen LogP) is 1.01. The first-order valence-electron chi connectivity index (χ1n) is 9.68. The second-order valence-electron chi connectivity index (χ2n) is 7.06. The molecule has 0 aromatic heterocycles. The van der Waals surface area contributed by atoms with Crippen LogP contribution in [0.5, 0.6) is 0 Å². The fourth-order valence-electron chi connectivity index (χ4n) is 3.42. The van der Waals surface area contributed by atoms with E-state index in [1.807, 2.05) is 24.3 Å². The van der Waals surface area contributed by atoms with Gasteiger partial charge in [0.1, 0.15) is 12.2 Å². The quantitative estimate of drug-likeness (QED) is 0.602. The molecule has 2 saturated heterocycles. The number of nitrogens with one attached hydrogen (secondary N) is 1. The van der Waals surface area contributed by atoms with Crippen LogP contribution < -0.4 is 10.2 Å². The largest absolute Gasteiger partial charge is 0.481 e. The van der Waals surface area contributed by atoms with Crippen molar-refractivity contribution in [3.63, 3.8) is 0 Å². The Morgan fingerprint density at radius 2 is 1.79 bits per heavy atom. The number of aliphatic hydroxyl groups is 2. The summed E-state index contributed by atoms with van der Waals surface area (Å²) >= 11 is 0. The molecule has 2 aliphatic heterocycles. The van der Waals surface area contributed by atoms with E-state index < -0.39 is 24.2 Å². The Hall–Kier alpha value is -2.16. The fraction of sp³-hybridized carbons (Fsp3) is 0.600. The summed E-state index contributed by atoms with van der Waals surface area (Å²) in [5.74, 6) is -1.04. The molecule has 0 aliphatic carbocycles. The topological polar surface area (TPSA) is 119 Å². The molecule has 0 bridgehead atoms. The lowest BCUT2D eigenvalue weighted by molar-refractivity contribution is -0.134. The number of aliphatic hydroxyl groups excluding tert-OH is 2. The molecular weight excluding hydrogens is 364 g/mol. The van der Waals surface area contributed by atoms with Gasteiger partial charge in [-0.25, -0.2) is 0 Å². The number of rotatable bonds is 4. The summed E-state index contributed by atoms with van der Waals surface area (Å²) in [5, 5.41) is 29.6. The molecule has 0 radical (unpaired) electrons. The first-order valence-corrected chi connectivity index (χ1v) is 9.68. The summed E-state index contributed by atoms with van der Waals surface area (Å²) in [4.78, 5) is 23.7. The number of carboxylic acids is 1. The van der Waals surface area contributed by atoms with Gasteiger partial charge in [0, 0.05) is 37.9 Å². The first kappa shape index (κ1) is 22.1. The van der Waals surface area contributed by atoms with Gasteiger partial charge in [-0.1, -0.05) is 0 Å². The number of amides is 1. The third-order valence-electron chi connectivity index (χ3n) is 4.90. The minimum atomic E-state index is -0.889. The van der Waals surface area contributed by atoms with Gasteiger partial charge >= 0.3 is 0 Å². The lowest BCUT2D eigenvalue weighted by atomic mass is 9.99. The summed E-state index contributed by atoms with van der Waals surface area (Å²) in [6, 6.07) is 7.22. The van der Waals surface area contributed by atoms with E-state index in [-0.39, 0.29) is 12.5 Å². The Balaban J connectivity index is 0.000000640. The van der Waals surface area contributed by atoms with Gasteiger partial charge in [0.05, 0.1) is 12.6 Å². The molecule has 8 nitrogen and oxygen atoms in total. The average molecular weight is 394 g/mol. The van der Waals surface area contributed by atoms with Crippen LogP contribution in [0, 0.1) is 0 Å². The van der Waals surface area contributed by atoms with Gasteiger partial charge in [-0.15, -0.1) is 0 Å². The predicted molar refractivity (Wildman–Crippen MR) is 105 cm³/mol. The van der Waals surface area contributed by atoms with Crippen molar-refractivity contribution in [2.45, 2.75) is 50.9 Å². The number of hydrogen-bond acceptors (Lipinski definition) is 6. The fourth-order valence-corrected chi connectivity index (χ4v) is 3.42. The molecule has 3 atom stereocenters. The Morgan fingerprint density at radius 3 is 2.36 bits per heavy atom. The molecule has 2 fully saturated rings. The highest BCUT2D eigenvalue weighted by Crippen LogP contribution is 2.21. The number of ether oxygens (including phenoxy) is 1. The number of carbonyl (C=O) groups excluding carboxylic acids is 1. The van der Waals surface area contributed by atoms with Crippen molar-refractivity contribution in [3.8, 4) is 0 Å². The van der Waals surface area contributed by atoms with E-state index in [1.54, 1.807) is 0 Å². The summed E-state index contributed by atoms with van der Waals surface area (Å²) < 4.78 is 5.28. The van der Waals surface area contributed by atoms with Crippen molar-refractivity contribution in [3.05, 3.63) is 29.8 Å². The summed E-state index contributed by atoms with van der Waals surface area (Å²) in [5.41, 5.74) is 1.73. The van der Waals surface area contributed by atoms with Gasteiger partial charge in [0.25, 0.3) is 11.9 Å². The Labute approximate surface area is 165 Å². The van der Waals surface area contributed by atoms with Crippen molar-refractivity contribution in [2.75, 3.05) is 31.2 Å². The highest BCUT2D eigenvalue weighted by molar-refractivity contribution is 5.94. The maximum absolute atomic E-state index is 12.4. The number of carbonyl (C=O) groups is 2. The molecule has 2 heterocycles. The number of hydrogen-bond donors (Lipinski definition) is 4. The number of anilines is 1. The van der Waals surface area contributed by atoms with Gasteiger partial charge in [-0.2, -0.15) is 0 Å². The smallest absolute Gasteiger partial charge is 0.300 e. The Bertz CT molecular complexity index is 626. The Morgan fingerprint density at radius 1 is 1.18 bits per heavy atom. The van der Waals surface area contributed by atoms with Crippen LogP contribution in [0.3, 0.4) is 0 Å². The third-order valence-corrected chi connectivity index (χ3v) is 4.90. The van der Waals surface area contributed by atoms with Crippen LogP contribution in [0.15, 0.2) is 24.3 Å². The molecule has 0 spiro atoms. The van der Waals surface area contributed by atoms with E-state index in [4.69, 9.17) is 14.6 Å². The van der Waals surface area contributed by atoms with Crippen molar-refractivity contribution in [1.82, 2.24) is 5.32 Å². The molecule has 156 valence electrons. The van der Waals surface area contributed by atoms with Crippen molar-refractivity contribution in [2.24, 2.45) is 0 Å². The molecule has 1 aromatic rings. The molecule has 3 rings (SSSR count). The van der Waals surface area contributed by atoms with Crippen LogP contribution in [0.2, 0.25) is 0 Å². The lowest BCUT2D eigenvalue weighted by Crippen LogP contribution is -2.54. The first-order chi connectivity index (χ1) is 13.4. The molecule has 0 unspecified atom stereocenters. The minimum absolute atomic E-state index is 0.206. The maximum atomic E-state index is 12.4. The molecule has 1 aromatic carbocycles. The van der Waals surface area contributed by atoms with Crippen molar-refractivity contribution < 1.29 is 29.6 Å². The van der Waals surface area contributed by atoms with Gasteiger partial charge in [-0.3, -0.25) is 9.59 Å². The minimum Gasteiger partial charge on any atom is -0.481 e. The van der Waals surface area contributed by atoms with Crippen LogP contribution in [0.1, 0.15) is 43.0 Å². The molecule has 1 amide bonds. The van der Waals surface area contributed by atoms with E-state index in [9.17, 15) is 15.0 Å². The highest BCUT2D eigenvalue weighted by atomic mass is 16.5. The maximum Gasteiger partial charge on any atom is 0.300 e. The summed E-state index contributed by atoms with van der Waals surface area (Å²) in [6.07, 6.45) is 2.74. The number of piperidine rings is 1.